The third-order valence-corrected chi connectivity index (χ3v) is 2.97. The third-order valence-electron chi connectivity index (χ3n) is 2.00. The Morgan fingerprint density at radius 3 is 3.07 bits per heavy atom. The fourth-order valence-electron chi connectivity index (χ4n) is 1.39. The largest absolute Gasteiger partial charge is 0.504 e. The van der Waals surface area contributed by atoms with Gasteiger partial charge in [0, 0.05) is 11.5 Å². The predicted octanol–water partition coefficient (Wildman–Crippen LogP) is 2.59. The van der Waals surface area contributed by atoms with Crippen LogP contribution in [0.2, 0.25) is 0 Å². The van der Waals surface area contributed by atoms with Crippen molar-refractivity contribution >= 4 is 27.1 Å². The van der Waals surface area contributed by atoms with Crippen molar-refractivity contribution in [1.29, 1.82) is 0 Å². The Morgan fingerprint density at radius 1 is 1.57 bits per heavy atom. The first-order chi connectivity index (χ1) is 6.74. The molecule has 2 aromatic rings. The van der Waals surface area contributed by atoms with Gasteiger partial charge in [0.1, 0.15) is 0 Å². The fraction of sp³-hybridized carbons (Fsp3) is 0.200. The summed E-state index contributed by atoms with van der Waals surface area (Å²) in [5.41, 5.74) is 6.47. The molecule has 0 spiro atoms. The van der Waals surface area contributed by atoms with Gasteiger partial charge >= 0.3 is 0 Å². The van der Waals surface area contributed by atoms with Crippen LogP contribution >= 0.6 is 11.3 Å². The number of aromatic hydroxyl groups is 1. The summed E-state index contributed by atoms with van der Waals surface area (Å²) in [5, 5.41) is 12.5. The zero-order valence-corrected chi connectivity index (χ0v) is 8.60. The molecule has 1 aromatic carbocycles. The smallest absolute Gasteiger partial charge is 0.166 e. The van der Waals surface area contributed by atoms with E-state index in [9.17, 15) is 5.11 Å². The van der Waals surface area contributed by atoms with Gasteiger partial charge in [-0.2, -0.15) is 0 Å². The molecule has 1 heterocycles. The van der Waals surface area contributed by atoms with Crippen molar-refractivity contribution in [2.24, 2.45) is 0 Å². The maximum Gasteiger partial charge on any atom is 0.166 e. The maximum absolute atomic E-state index is 9.82. The summed E-state index contributed by atoms with van der Waals surface area (Å²) >= 11 is 1.51. The molecule has 74 valence electrons. The lowest BCUT2D eigenvalue weighted by Gasteiger charge is -2.07. The summed E-state index contributed by atoms with van der Waals surface area (Å²) in [4.78, 5) is 0. The lowest BCUT2D eigenvalue weighted by Crippen LogP contribution is -1.94. The molecule has 4 heteroatoms. The van der Waals surface area contributed by atoms with Gasteiger partial charge < -0.3 is 15.6 Å². The summed E-state index contributed by atoms with van der Waals surface area (Å²) in [7, 11) is 0. The Balaban J connectivity index is 2.68. The average molecular weight is 209 g/mol. The monoisotopic (exact) mass is 209 g/mol. The van der Waals surface area contributed by atoms with E-state index in [1.165, 1.54) is 11.3 Å². The number of phenols is 1. The summed E-state index contributed by atoms with van der Waals surface area (Å²) < 4.78 is 6.18. The van der Waals surface area contributed by atoms with Crippen molar-refractivity contribution in [2.75, 3.05) is 12.3 Å². The first kappa shape index (κ1) is 9.15. The predicted molar refractivity (Wildman–Crippen MR) is 59.1 cm³/mol. The highest BCUT2D eigenvalue weighted by molar-refractivity contribution is 7.17. The topological polar surface area (TPSA) is 55.5 Å². The van der Waals surface area contributed by atoms with Crippen LogP contribution in [0.3, 0.4) is 0 Å². The first-order valence-electron chi connectivity index (χ1n) is 4.35. The van der Waals surface area contributed by atoms with E-state index in [2.05, 4.69) is 0 Å². The number of rotatable bonds is 2. The zero-order valence-electron chi connectivity index (χ0n) is 7.78. The Bertz CT molecular complexity index is 464. The molecule has 3 nitrogen and oxygen atoms in total. The van der Waals surface area contributed by atoms with Crippen molar-refractivity contribution in [3.8, 4) is 11.5 Å². The van der Waals surface area contributed by atoms with Gasteiger partial charge in [-0.05, 0) is 18.4 Å². The van der Waals surface area contributed by atoms with E-state index in [1.807, 2.05) is 18.4 Å². The maximum atomic E-state index is 9.82. The Morgan fingerprint density at radius 2 is 2.36 bits per heavy atom. The normalized spacial score (nSPS) is 10.6. The van der Waals surface area contributed by atoms with E-state index in [-0.39, 0.29) is 5.75 Å². The number of benzene rings is 1. The van der Waals surface area contributed by atoms with Crippen molar-refractivity contribution in [3.05, 3.63) is 17.5 Å². The second-order valence-electron chi connectivity index (χ2n) is 2.91. The van der Waals surface area contributed by atoms with Crippen LogP contribution in [0.4, 0.5) is 5.69 Å². The van der Waals surface area contributed by atoms with Gasteiger partial charge in [0.25, 0.3) is 0 Å². The summed E-state index contributed by atoms with van der Waals surface area (Å²) in [6.07, 6.45) is 0. The molecule has 0 radical (unpaired) electrons. The molecule has 0 fully saturated rings. The lowest BCUT2D eigenvalue weighted by molar-refractivity contribution is 0.320. The van der Waals surface area contributed by atoms with Crippen LogP contribution in [0.1, 0.15) is 6.92 Å². The third kappa shape index (κ3) is 1.28. The number of phenolic OH excluding ortho intramolecular Hbond substituents is 1. The minimum Gasteiger partial charge on any atom is -0.504 e. The fourth-order valence-corrected chi connectivity index (χ4v) is 2.22. The Kier molecular flexibility index (Phi) is 2.21. The van der Waals surface area contributed by atoms with Crippen LogP contribution in [0.15, 0.2) is 17.5 Å². The molecule has 0 bridgehead atoms. The Labute approximate surface area is 85.7 Å². The zero-order chi connectivity index (χ0) is 10.1. The van der Waals surface area contributed by atoms with Crippen LogP contribution in [0.5, 0.6) is 11.5 Å². The molecule has 14 heavy (non-hydrogen) atoms. The number of hydrogen-bond acceptors (Lipinski definition) is 4. The number of anilines is 1. The van der Waals surface area contributed by atoms with Crippen LogP contribution in [-0.4, -0.2) is 11.7 Å². The molecule has 0 aliphatic rings. The van der Waals surface area contributed by atoms with Gasteiger partial charge in [0.05, 0.1) is 17.0 Å². The van der Waals surface area contributed by atoms with Gasteiger partial charge in [-0.3, -0.25) is 0 Å². The van der Waals surface area contributed by atoms with Crippen molar-refractivity contribution < 1.29 is 9.84 Å². The number of nitrogen functional groups attached to an aromatic ring is 1. The van der Waals surface area contributed by atoms with E-state index >= 15 is 0 Å². The van der Waals surface area contributed by atoms with Gasteiger partial charge in [-0.1, -0.05) is 0 Å². The van der Waals surface area contributed by atoms with E-state index in [0.717, 1.165) is 10.1 Å². The molecule has 0 saturated heterocycles. The molecule has 0 unspecified atom stereocenters. The summed E-state index contributed by atoms with van der Waals surface area (Å²) in [6.45, 7) is 2.39. The highest BCUT2D eigenvalue weighted by Crippen LogP contribution is 2.40. The minimum atomic E-state index is 0.178. The standard InChI is InChI=1S/C10H11NO2S/c1-2-13-8-5-7(11)10-6(9(8)12)3-4-14-10/h3-5,12H,2,11H2,1H3. The van der Waals surface area contributed by atoms with Crippen molar-refractivity contribution in [2.45, 2.75) is 6.92 Å². The second kappa shape index (κ2) is 3.38. The van der Waals surface area contributed by atoms with Gasteiger partial charge in [0.15, 0.2) is 11.5 Å². The van der Waals surface area contributed by atoms with Crippen LogP contribution < -0.4 is 10.5 Å². The molecule has 0 saturated carbocycles. The Hall–Kier alpha value is -1.42. The number of hydrogen-bond donors (Lipinski definition) is 2. The van der Waals surface area contributed by atoms with E-state index in [0.29, 0.717) is 18.0 Å². The van der Waals surface area contributed by atoms with Crippen LogP contribution in [0.25, 0.3) is 10.1 Å². The molecule has 3 N–H and O–H groups in total. The van der Waals surface area contributed by atoms with Gasteiger partial charge in [0.2, 0.25) is 0 Å². The van der Waals surface area contributed by atoms with Crippen LogP contribution in [-0.2, 0) is 0 Å². The van der Waals surface area contributed by atoms with E-state index in [4.69, 9.17) is 10.5 Å². The summed E-state index contributed by atoms with van der Waals surface area (Å²) in [5.74, 6) is 0.633. The van der Waals surface area contributed by atoms with E-state index in [1.54, 1.807) is 6.07 Å². The number of ether oxygens (including phenoxy) is 1. The van der Waals surface area contributed by atoms with Gasteiger partial charge in [-0.25, -0.2) is 0 Å². The SMILES string of the molecule is CCOc1cc(N)c2sccc2c1O. The summed E-state index contributed by atoms with van der Waals surface area (Å²) in [6, 6.07) is 3.51. The quantitative estimate of drug-likeness (QED) is 0.590. The number of fused-ring (bicyclic) bond motifs is 1. The molecule has 0 atom stereocenters. The number of thiophene rings is 1. The lowest BCUT2D eigenvalue weighted by atomic mass is 10.2. The molecule has 0 aliphatic heterocycles. The highest BCUT2D eigenvalue weighted by Gasteiger charge is 2.11. The molecule has 2 rings (SSSR count). The molecule has 0 aliphatic carbocycles. The minimum absolute atomic E-state index is 0.178. The van der Waals surface area contributed by atoms with E-state index < -0.39 is 0 Å². The van der Waals surface area contributed by atoms with Crippen molar-refractivity contribution in [3.63, 3.8) is 0 Å². The van der Waals surface area contributed by atoms with Gasteiger partial charge in [-0.15, -0.1) is 11.3 Å². The highest BCUT2D eigenvalue weighted by atomic mass is 32.1. The molecule has 1 aromatic heterocycles. The van der Waals surface area contributed by atoms with Crippen molar-refractivity contribution in [1.82, 2.24) is 0 Å². The second-order valence-corrected chi connectivity index (χ2v) is 3.83. The van der Waals surface area contributed by atoms with Crippen LogP contribution in [0, 0.1) is 0 Å². The molecule has 0 amide bonds. The molecular formula is C10H11NO2S. The average Bonchev–Trinajstić information content (AvgIpc) is 2.63. The number of nitrogens with two attached hydrogens (primary N) is 1. The first-order valence-corrected chi connectivity index (χ1v) is 5.23. The molecular weight excluding hydrogens is 198 g/mol.